The number of aromatic amines is 1. The zero-order chi connectivity index (χ0) is 35.3. The highest BCUT2D eigenvalue weighted by Gasteiger charge is 2.32. The van der Waals surface area contributed by atoms with Gasteiger partial charge in [0.25, 0.3) is 0 Å². The summed E-state index contributed by atoms with van der Waals surface area (Å²) in [6.07, 6.45) is 5.69. The van der Waals surface area contributed by atoms with E-state index in [2.05, 4.69) is 20.6 Å². The minimum Gasteiger partial charge on any atom is -0.489 e. The number of nitrogens with one attached hydrogen (secondary N) is 3. The first-order valence-corrected chi connectivity index (χ1v) is 17.3. The molecule has 51 heavy (non-hydrogen) atoms. The second-order valence-electron chi connectivity index (χ2n) is 12.8. The summed E-state index contributed by atoms with van der Waals surface area (Å²) in [5.41, 5.74) is 4.36. The van der Waals surface area contributed by atoms with Crippen molar-refractivity contribution < 1.29 is 23.9 Å². The molecule has 3 amide bonds. The fraction of sp³-hybridized carbons (Fsp3) is 0.268. The molecule has 3 N–H and O–H groups in total. The highest BCUT2D eigenvalue weighted by molar-refractivity contribution is 5.90. The maximum atomic E-state index is 14.4. The molecule has 2 atom stereocenters. The summed E-state index contributed by atoms with van der Waals surface area (Å²) in [6, 6.07) is 35.4. The molecule has 0 radical (unpaired) electrons. The first-order chi connectivity index (χ1) is 25.0. The Morgan fingerprint density at radius 2 is 1.43 bits per heavy atom. The van der Waals surface area contributed by atoms with Crippen molar-refractivity contribution in [3.8, 4) is 5.75 Å². The molecule has 1 unspecified atom stereocenters. The van der Waals surface area contributed by atoms with Crippen molar-refractivity contribution in [1.82, 2.24) is 25.5 Å². The first-order valence-electron chi connectivity index (χ1n) is 17.3. The maximum Gasteiger partial charge on any atom is 0.408 e. The van der Waals surface area contributed by atoms with Crippen LogP contribution in [-0.4, -0.2) is 45.4 Å². The molecule has 1 heterocycles. The molecule has 1 saturated carbocycles. The molecule has 0 saturated heterocycles. The molecule has 1 aliphatic rings. The second-order valence-corrected chi connectivity index (χ2v) is 12.8. The third-order valence-corrected chi connectivity index (χ3v) is 9.07. The van der Waals surface area contributed by atoms with Gasteiger partial charge in [0.2, 0.25) is 11.8 Å². The maximum absolute atomic E-state index is 14.4. The Balaban J connectivity index is 1.20. The molecule has 5 aromatic rings. The normalized spacial score (nSPS) is 13.6. The van der Waals surface area contributed by atoms with E-state index < -0.39 is 18.0 Å². The van der Waals surface area contributed by atoms with Gasteiger partial charge in [-0.25, -0.2) is 9.78 Å². The zero-order valence-corrected chi connectivity index (χ0v) is 28.4. The van der Waals surface area contributed by atoms with Crippen LogP contribution < -0.4 is 15.4 Å². The number of carbonyl (C=O) groups is 3. The fourth-order valence-corrected chi connectivity index (χ4v) is 6.11. The summed E-state index contributed by atoms with van der Waals surface area (Å²) in [6.45, 7) is 0.395. The standard InChI is InChI=1S/C41H43N5O5/c47-38(45-39(34-17-10-18-34)33-15-8-3-9-16-33)26-46(25-30-19-21-36(22-20-30)50-27-31-11-4-1-5-12-31)40(48)37(23-35-24-42-29-43-35)44-41(49)51-28-32-13-6-2-7-14-32/h1-9,11-16,19-22,24,29,34,37,39H,10,17-18,23,25-28H2,(H,42,43)(H,44,49)(H,45,47)/t37-,39?/m0/s1. The number of carbonyl (C=O) groups excluding carboxylic acids is 3. The van der Waals surface area contributed by atoms with Crippen molar-refractivity contribution in [2.24, 2.45) is 5.92 Å². The molecule has 1 fully saturated rings. The molecule has 4 aromatic carbocycles. The number of aromatic nitrogens is 2. The second kappa shape index (κ2) is 17.7. The van der Waals surface area contributed by atoms with Crippen LogP contribution in [0.15, 0.2) is 128 Å². The number of rotatable bonds is 16. The van der Waals surface area contributed by atoms with Gasteiger partial charge in [0.05, 0.1) is 18.9 Å². The van der Waals surface area contributed by atoms with Crippen LogP contribution in [-0.2, 0) is 40.5 Å². The van der Waals surface area contributed by atoms with Gasteiger partial charge in [-0.1, -0.05) is 110 Å². The summed E-state index contributed by atoms with van der Waals surface area (Å²) < 4.78 is 11.5. The van der Waals surface area contributed by atoms with Gasteiger partial charge in [0.1, 0.15) is 25.0 Å². The van der Waals surface area contributed by atoms with Gasteiger partial charge in [0, 0.05) is 24.9 Å². The number of benzene rings is 4. The smallest absolute Gasteiger partial charge is 0.408 e. The van der Waals surface area contributed by atoms with Crippen LogP contribution in [0.1, 0.15) is 53.3 Å². The third-order valence-electron chi connectivity index (χ3n) is 9.07. The molecular weight excluding hydrogens is 642 g/mol. The number of ether oxygens (including phenoxy) is 2. The Kier molecular flexibility index (Phi) is 12.1. The van der Waals surface area contributed by atoms with Crippen LogP contribution in [0.2, 0.25) is 0 Å². The van der Waals surface area contributed by atoms with Gasteiger partial charge in [0.15, 0.2) is 0 Å². The summed E-state index contributed by atoms with van der Waals surface area (Å²) in [5, 5.41) is 5.99. The lowest BCUT2D eigenvalue weighted by atomic mass is 9.77. The van der Waals surface area contributed by atoms with E-state index in [1.54, 1.807) is 6.20 Å². The predicted octanol–water partition coefficient (Wildman–Crippen LogP) is 6.51. The number of imidazole rings is 1. The highest BCUT2D eigenvalue weighted by atomic mass is 16.5. The van der Waals surface area contributed by atoms with E-state index in [-0.39, 0.29) is 38.1 Å². The quantitative estimate of drug-likeness (QED) is 0.109. The Morgan fingerprint density at radius 3 is 2.04 bits per heavy atom. The largest absolute Gasteiger partial charge is 0.489 e. The van der Waals surface area contributed by atoms with Gasteiger partial charge in [-0.2, -0.15) is 0 Å². The van der Waals surface area contributed by atoms with Crippen molar-refractivity contribution in [2.45, 2.75) is 57.5 Å². The monoisotopic (exact) mass is 685 g/mol. The van der Waals surface area contributed by atoms with E-state index in [9.17, 15) is 14.4 Å². The summed E-state index contributed by atoms with van der Waals surface area (Å²) >= 11 is 0. The van der Waals surface area contributed by atoms with Crippen LogP contribution in [0.3, 0.4) is 0 Å². The third kappa shape index (κ3) is 10.3. The first kappa shape index (κ1) is 34.9. The molecule has 10 heteroatoms. The van der Waals surface area contributed by atoms with Crippen LogP contribution in [0.5, 0.6) is 5.75 Å². The molecule has 1 aliphatic carbocycles. The van der Waals surface area contributed by atoms with E-state index in [0.29, 0.717) is 24.0 Å². The summed E-state index contributed by atoms with van der Waals surface area (Å²) in [5.74, 6) is 0.307. The topological polar surface area (TPSA) is 126 Å². The van der Waals surface area contributed by atoms with Gasteiger partial charge in [-0.3, -0.25) is 9.59 Å². The number of amides is 3. The van der Waals surface area contributed by atoms with Crippen molar-refractivity contribution in [3.05, 3.63) is 156 Å². The lowest BCUT2D eigenvalue weighted by molar-refractivity contribution is -0.138. The fourth-order valence-electron chi connectivity index (χ4n) is 6.11. The van der Waals surface area contributed by atoms with Gasteiger partial charge in [-0.05, 0) is 53.1 Å². The molecule has 6 rings (SSSR count). The molecule has 0 bridgehead atoms. The van der Waals surface area contributed by atoms with Crippen molar-refractivity contribution in [2.75, 3.05) is 6.54 Å². The van der Waals surface area contributed by atoms with E-state index in [1.807, 2.05) is 115 Å². The lowest BCUT2D eigenvalue weighted by Crippen LogP contribution is -2.52. The average Bonchev–Trinajstić information content (AvgIpc) is 3.66. The number of hydrogen-bond acceptors (Lipinski definition) is 6. The number of H-pyrrole nitrogens is 1. The molecule has 1 aromatic heterocycles. The van der Waals surface area contributed by atoms with Crippen molar-refractivity contribution in [1.29, 1.82) is 0 Å². The molecular formula is C41H43N5O5. The van der Waals surface area contributed by atoms with Crippen LogP contribution in [0.4, 0.5) is 4.79 Å². The van der Waals surface area contributed by atoms with Gasteiger partial charge < -0.3 is 30.0 Å². The molecule has 0 aliphatic heterocycles. The van der Waals surface area contributed by atoms with E-state index in [0.717, 1.165) is 41.5 Å². The minimum absolute atomic E-state index is 0.0461. The van der Waals surface area contributed by atoms with E-state index in [1.165, 1.54) is 11.2 Å². The highest BCUT2D eigenvalue weighted by Crippen LogP contribution is 2.37. The SMILES string of the molecule is O=C(CN(Cc1ccc(OCc2ccccc2)cc1)C(=O)[C@H](Cc1cnc[nH]1)NC(=O)OCc1ccccc1)NC(c1ccccc1)C1CCC1. The van der Waals surface area contributed by atoms with Crippen molar-refractivity contribution >= 4 is 17.9 Å². The number of hydrogen-bond donors (Lipinski definition) is 3. The zero-order valence-electron chi connectivity index (χ0n) is 28.4. The molecule has 10 nitrogen and oxygen atoms in total. The van der Waals surface area contributed by atoms with Gasteiger partial charge >= 0.3 is 6.09 Å². The lowest BCUT2D eigenvalue weighted by Gasteiger charge is -2.35. The molecule has 0 spiro atoms. The number of alkyl carbamates (subject to hydrolysis) is 1. The van der Waals surface area contributed by atoms with Crippen LogP contribution >= 0.6 is 0 Å². The number of nitrogens with zero attached hydrogens (tertiary/aromatic N) is 2. The minimum atomic E-state index is -1.04. The molecule has 262 valence electrons. The Morgan fingerprint density at radius 1 is 0.784 bits per heavy atom. The van der Waals surface area contributed by atoms with Crippen molar-refractivity contribution in [3.63, 3.8) is 0 Å². The van der Waals surface area contributed by atoms with Crippen LogP contribution in [0.25, 0.3) is 0 Å². The van der Waals surface area contributed by atoms with Crippen LogP contribution in [0, 0.1) is 5.92 Å². The Labute approximate surface area is 298 Å². The Hall–Kier alpha value is -5.90. The summed E-state index contributed by atoms with van der Waals surface area (Å²) in [7, 11) is 0. The average molecular weight is 686 g/mol. The Bertz CT molecular complexity index is 1820. The van der Waals surface area contributed by atoms with Gasteiger partial charge in [-0.15, -0.1) is 0 Å². The van der Waals surface area contributed by atoms with E-state index >= 15 is 0 Å². The summed E-state index contributed by atoms with van der Waals surface area (Å²) in [4.78, 5) is 49.9. The predicted molar refractivity (Wildman–Crippen MR) is 193 cm³/mol. The van der Waals surface area contributed by atoms with E-state index in [4.69, 9.17) is 9.47 Å².